The lowest BCUT2D eigenvalue weighted by Gasteiger charge is -2.13. The molecule has 1 saturated heterocycles. The predicted molar refractivity (Wildman–Crippen MR) is 76.0 cm³/mol. The smallest absolute Gasteiger partial charge is 0.317 e. The maximum atomic E-state index is 13.4. The van der Waals surface area contributed by atoms with Gasteiger partial charge >= 0.3 is 5.97 Å². The first kappa shape index (κ1) is 16.1. The van der Waals surface area contributed by atoms with Gasteiger partial charge in [-0.3, -0.25) is 14.5 Å². The second-order valence-corrected chi connectivity index (χ2v) is 5.10. The van der Waals surface area contributed by atoms with Crippen LogP contribution in [-0.2, 0) is 9.59 Å². The van der Waals surface area contributed by atoms with Crippen molar-refractivity contribution in [2.75, 3.05) is 19.6 Å². The van der Waals surface area contributed by atoms with Crippen LogP contribution < -0.4 is 5.32 Å². The van der Waals surface area contributed by atoms with E-state index in [1.54, 1.807) is 4.90 Å². The molecule has 0 radical (unpaired) electrons. The summed E-state index contributed by atoms with van der Waals surface area (Å²) in [5.41, 5.74) is -0.00549. The molecule has 1 aromatic carbocycles. The van der Waals surface area contributed by atoms with Crippen LogP contribution in [0.4, 0.5) is 8.78 Å². The van der Waals surface area contributed by atoms with Gasteiger partial charge in [-0.2, -0.15) is 0 Å². The van der Waals surface area contributed by atoms with Crippen molar-refractivity contribution in [1.29, 1.82) is 0 Å². The number of rotatable bonds is 5. The SMILES string of the molecule is O=C(O)CN1CCC(NC(=O)/C=C/c2cccc(F)c2F)C1. The largest absolute Gasteiger partial charge is 0.480 e. The van der Waals surface area contributed by atoms with Gasteiger partial charge in [-0.15, -0.1) is 0 Å². The molecule has 2 rings (SSSR count). The summed E-state index contributed by atoms with van der Waals surface area (Å²) in [4.78, 5) is 24.1. The van der Waals surface area contributed by atoms with E-state index in [9.17, 15) is 18.4 Å². The number of halogens is 2. The third-order valence-electron chi connectivity index (χ3n) is 3.37. The highest BCUT2D eigenvalue weighted by Gasteiger charge is 2.24. The summed E-state index contributed by atoms with van der Waals surface area (Å²) in [5.74, 6) is -3.30. The Labute approximate surface area is 126 Å². The third kappa shape index (κ3) is 4.36. The van der Waals surface area contributed by atoms with Crippen molar-refractivity contribution in [2.24, 2.45) is 0 Å². The highest BCUT2D eigenvalue weighted by molar-refractivity contribution is 5.92. The third-order valence-corrected chi connectivity index (χ3v) is 3.37. The number of carboxylic acids is 1. The zero-order chi connectivity index (χ0) is 16.1. The summed E-state index contributed by atoms with van der Waals surface area (Å²) in [6.07, 6.45) is 3.00. The topological polar surface area (TPSA) is 69.6 Å². The second kappa shape index (κ2) is 7.13. The molecule has 1 atom stereocenters. The molecule has 0 aliphatic carbocycles. The van der Waals surface area contributed by atoms with Gasteiger partial charge in [0, 0.05) is 30.8 Å². The molecule has 1 heterocycles. The zero-order valence-corrected chi connectivity index (χ0v) is 11.8. The van der Waals surface area contributed by atoms with E-state index in [4.69, 9.17) is 5.11 Å². The molecule has 1 unspecified atom stereocenters. The Kier molecular flexibility index (Phi) is 5.21. The Morgan fingerprint density at radius 3 is 2.91 bits per heavy atom. The number of likely N-dealkylation sites (tertiary alicyclic amines) is 1. The molecule has 0 aromatic heterocycles. The number of hydrogen-bond acceptors (Lipinski definition) is 3. The zero-order valence-electron chi connectivity index (χ0n) is 11.8. The lowest BCUT2D eigenvalue weighted by Crippen LogP contribution is -2.37. The minimum atomic E-state index is -1.000. The summed E-state index contributed by atoms with van der Waals surface area (Å²) >= 11 is 0. The first-order chi connectivity index (χ1) is 10.5. The van der Waals surface area contributed by atoms with Crippen LogP contribution in [0.2, 0.25) is 0 Å². The van der Waals surface area contributed by atoms with Crippen LogP contribution in [0.25, 0.3) is 6.08 Å². The summed E-state index contributed by atoms with van der Waals surface area (Å²) in [7, 11) is 0. The number of benzene rings is 1. The molecule has 7 heteroatoms. The Bertz CT molecular complexity index is 604. The number of nitrogens with zero attached hydrogens (tertiary/aromatic N) is 1. The highest BCUT2D eigenvalue weighted by atomic mass is 19.2. The Balaban J connectivity index is 1.87. The fourth-order valence-corrected chi connectivity index (χ4v) is 2.35. The standard InChI is InChI=1S/C15H16F2N2O3/c16-12-3-1-2-10(15(12)17)4-5-13(20)18-11-6-7-19(8-11)9-14(21)22/h1-5,11H,6-9H2,(H,18,20)(H,21,22)/b5-4+. The van der Waals surface area contributed by atoms with Crippen LogP contribution in [-0.4, -0.2) is 47.6 Å². The van der Waals surface area contributed by atoms with E-state index in [1.807, 2.05) is 0 Å². The van der Waals surface area contributed by atoms with Crippen molar-refractivity contribution >= 4 is 18.0 Å². The maximum absolute atomic E-state index is 13.4. The van der Waals surface area contributed by atoms with Crippen LogP contribution in [0.3, 0.4) is 0 Å². The summed E-state index contributed by atoms with van der Waals surface area (Å²) in [6, 6.07) is 3.58. The molecule has 0 saturated carbocycles. The molecule has 1 aromatic rings. The molecular formula is C15H16F2N2O3. The average molecular weight is 310 g/mol. The summed E-state index contributed by atoms with van der Waals surface area (Å²) in [6.45, 7) is 0.996. The van der Waals surface area contributed by atoms with Crippen LogP contribution in [0.1, 0.15) is 12.0 Å². The van der Waals surface area contributed by atoms with Crippen LogP contribution >= 0.6 is 0 Å². The van der Waals surface area contributed by atoms with Crippen molar-refractivity contribution in [2.45, 2.75) is 12.5 Å². The Morgan fingerprint density at radius 1 is 1.41 bits per heavy atom. The number of amides is 1. The molecule has 118 valence electrons. The van der Waals surface area contributed by atoms with Gasteiger partial charge in [0.15, 0.2) is 11.6 Å². The fraction of sp³-hybridized carbons (Fsp3) is 0.333. The van der Waals surface area contributed by atoms with Gasteiger partial charge in [0.2, 0.25) is 5.91 Å². The Hall–Kier alpha value is -2.28. The molecule has 1 fully saturated rings. The molecular weight excluding hydrogens is 294 g/mol. The second-order valence-electron chi connectivity index (χ2n) is 5.10. The number of nitrogens with one attached hydrogen (secondary N) is 1. The van der Waals surface area contributed by atoms with Crippen LogP contribution in [0, 0.1) is 11.6 Å². The monoisotopic (exact) mass is 310 g/mol. The van der Waals surface area contributed by atoms with Crippen molar-refractivity contribution in [3.05, 3.63) is 41.5 Å². The summed E-state index contributed by atoms with van der Waals surface area (Å²) in [5, 5.41) is 11.4. The molecule has 5 nitrogen and oxygen atoms in total. The number of carbonyl (C=O) groups is 2. The van der Waals surface area contributed by atoms with Gasteiger partial charge in [0.1, 0.15) is 0 Å². The molecule has 1 aliphatic rings. The van der Waals surface area contributed by atoms with E-state index < -0.39 is 23.5 Å². The molecule has 22 heavy (non-hydrogen) atoms. The first-order valence-corrected chi connectivity index (χ1v) is 6.82. The van der Waals surface area contributed by atoms with Gasteiger partial charge in [0.05, 0.1) is 6.54 Å². The molecule has 1 aliphatic heterocycles. The van der Waals surface area contributed by atoms with E-state index in [0.717, 1.165) is 12.1 Å². The van der Waals surface area contributed by atoms with E-state index in [2.05, 4.69) is 5.32 Å². The van der Waals surface area contributed by atoms with E-state index in [-0.39, 0.29) is 18.2 Å². The molecule has 1 amide bonds. The van der Waals surface area contributed by atoms with E-state index in [1.165, 1.54) is 18.2 Å². The van der Waals surface area contributed by atoms with Gasteiger partial charge in [-0.25, -0.2) is 8.78 Å². The van der Waals surface area contributed by atoms with Crippen molar-refractivity contribution in [3.63, 3.8) is 0 Å². The molecule has 0 bridgehead atoms. The van der Waals surface area contributed by atoms with Gasteiger partial charge < -0.3 is 10.4 Å². The predicted octanol–water partition coefficient (Wildman–Crippen LogP) is 1.25. The normalized spacial score (nSPS) is 18.7. The lowest BCUT2D eigenvalue weighted by molar-refractivity contribution is -0.138. The van der Waals surface area contributed by atoms with Gasteiger partial charge in [0.25, 0.3) is 0 Å². The number of carbonyl (C=O) groups excluding carboxylic acids is 1. The molecule has 2 N–H and O–H groups in total. The van der Waals surface area contributed by atoms with Gasteiger partial charge in [-0.05, 0) is 18.6 Å². The van der Waals surface area contributed by atoms with E-state index in [0.29, 0.717) is 19.5 Å². The van der Waals surface area contributed by atoms with E-state index >= 15 is 0 Å². The average Bonchev–Trinajstić information content (AvgIpc) is 2.86. The summed E-state index contributed by atoms with van der Waals surface area (Å²) < 4.78 is 26.4. The quantitative estimate of drug-likeness (QED) is 0.803. The molecule has 0 spiro atoms. The number of hydrogen-bond donors (Lipinski definition) is 2. The van der Waals surface area contributed by atoms with Gasteiger partial charge in [-0.1, -0.05) is 12.1 Å². The van der Waals surface area contributed by atoms with Crippen molar-refractivity contribution < 1.29 is 23.5 Å². The highest BCUT2D eigenvalue weighted by Crippen LogP contribution is 2.13. The minimum absolute atomic E-state index is 0.00549. The maximum Gasteiger partial charge on any atom is 0.317 e. The van der Waals surface area contributed by atoms with Crippen molar-refractivity contribution in [1.82, 2.24) is 10.2 Å². The number of aliphatic carboxylic acids is 1. The first-order valence-electron chi connectivity index (χ1n) is 6.82. The van der Waals surface area contributed by atoms with Crippen LogP contribution in [0.5, 0.6) is 0 Å². The Morgan fingerprint density at radius 2 is 2.18 bits per heavy atom. The fourth-order valence-electron chi connectivity index (χ4n) is 2.35. The minimum Gasteiger partial charge on any atom is -0.480 e. The van der Waals surface area contributed by atoms with Crippen LogP contribution in [0.15, 0.2) is 24.3 Å². The van der Waals surface area contributed by atoms with Crippen molar-refractivity contribution in [3.8, 4) is 0 Å². The number of carboxylic acid groups (broad SMARTS) is 1. The lowest BCUT2D eigenvalue weighted by atomic mass is 10.2.